The Kier molecular flexibility index (Phi) is 6.91. The van der Waals surface area contributed by atoms with Gasteiger partial charge < -0.3 is 5.11 Å². The third kappa shape index (κ3) is 5.32. The van der Waals surface area contributed by atoms with Crippen LogP contribution in [0.2, 0.25) is 0 Å². The molecule has 0 amide bonds. The summed E-state index contributed by atoms with van der Waals surface area (Å²) in [5, 5.41) is 16.1. The number of hydrogen-bond donors (Lipinski definition) is 1. The van der Waals surface area contributed by atoms with E-state index in [2.05, 4.69) is 15.0 Å². The maximum atomic E-state index is 15.0. The normalized spacial score (nSPS) is 14.2. The van der Waals surface area contributed by atoms with E-state index in [1.54, 1.807) is 0 Å². The highest BCUT2D eigenvalue weighted by Crippen LogP contribution is 2.34. The van der Waals surface area contributed by atoms with Crippen molar-refractivity contribution in [3.05, 3.63) is 120 Å². The van der Waals surface area contributed by atoms with Gasteiger partial charge in [0, 0.05) is 30.8 Å². The van der Waals surface area contributed by atoms with Crippen LogP contribution >= 0.6 is 0 Å². The Labute approximate surface area is 192 Å². The summed E-state index contributed by atoms with van der Waals surface area (Å²) in [7, 11) is 0. The van der Waals surface area contributed by atoms with E-state index >= 15 is 0 Å². The molecule has 7 heteroatoms. The lowest BCUT2D eigenvalue weighted by atomic mass is 9.85. The van der Waals surface area contributed by atoms with Crippen LogP contribution in [0.25, 0.3) is 0 Å². The second kappa shape index (κ2) is 10.0. The summed E-state index contributed by atoms with van der Waals surface area (Å²) in [6.07, 6.45) is 2.83. The largest absolute Gasteiger partial charge is 0.381 e. The van der Waals surface area contributed by atoms with E-state index in [-0.39, 0.29) is 12.1 Å². The standard InChI is InChI=1S/C26H26F2N4O/c1-20(31(15-21-8-4-2-5-9-21)16-22-10-6-3-7-11-22)26(33,17-32-19-29-18-30-32)24-13-12-23(27)14-25(24)28/h2-14,18-20,33H,15-17H2,1H3/t20-,26-/m1/s1. The van der Waals surface area contributed by atoms with E-state index in [9.17, 15) is 13.9 Å². The monoisotopic (exact) mass is 448 g/mol. The molecule has 2 atom stereocenters. The van der Waals surface area contributed by atoms with Gasteiger partial charge in [-0.25, -0.2) is 18.4 Å². The number of aromatic nitrogens is 3. The first-order valence-electron chi connectivity index (χ1n) is 10.8. The average molecular weight is 449 g/mol. The lowest BCUT2D eigenvalue weighted by molar-refractivity contribution is -0.0691. The summed E-state index contributed by atoms with van der Waals surface area (Å²) in [5.41, 5.74) is 0.415. The second-order valence-electron chi connectivity index (χ2n) is 8.19. The summed E-state index contributed by atoms with van der Waals surface area (Å²) < 4.78 is 30.1. The molecular weight excluding hydrogens is 422 g/mol. The summed E-state index contributed by atoms with van der Waals surface area (Å²) in [6, 6.07) is 22.5. The molecule has 0 radical (unpaired) electrons. The molecule has 3 aromatic carbocycles. The summed E-state index contributed by atoms with van der Waals surface area (Å²) in [6.45, 7) is 2.86. The van der Waals surface area contributed by atoms with E-state index in [0.29, 0.717) is 13.1 Å². The van der Waals surface area contributed by atoms with Gasteiger partial charge in [-0.05, 0) is 24.1 Å². The molecule has 0 fully saturated rings. The van der Waals surface area contributed by atoms with Gasteiger partial charge in [0.05, 0.1) is 6.54 Å². The zero-order chi connectivity index (χ0) is 23.3. The molecule has 0 aliphatic heterocycles. The molecule has 1 N–H and O–H groups in total. The summed E-state index contributed by atoms with van der Waals surface area (Å²) in [4.78, 5) is 6.04. The average Bonchev–Trinajstić information content (AvgIpc) is 3.32. The molecule has 0 saturated heterocycles. The lowest BCUT2D eigenvalue weighted by Crippen LogP contribution is -2.51. The maximum absolute atomic E-state index is 15.0. The Morgan fingerprint density at radius 2 is 1.55 bits per heavy atom. The van der Waals surface area contributed by atoms with Crippen LogP contribution in [0, 0.1) is 11.6 Å². The molecule has 33 heavy (non-hydrogen) atoms. The maximum Gasteiger partial charge on any atom is 0.137 e. The van der Waals surface area contributed by atoms with E-state index in [1.165, 1.54) is 23.4 Å². The quantitative estimate of drug-likeness (QED) is 0.409. The molecular formula is C26H26F2N4O. The van der Waals surface area contributed by atoms with Crippen LogP contribution in [0.15, 0.2) is 91.5 Å². The number of benzene rings is 3. The van der Waals surface area contributed by atoms with Crippen LogP contribution < -0.4 is 0 Å². The third-order valence-electron chi connectivity index (χ3n) is 5.96. The number of halogens is 2. The Bertz CT molecular complexity index is 1110. The molecule has 170 valence electrons. The van der Waals surface area contributed by atoms with Gasteiger partial charge in [0.25, 0.3) is 0 Å². The van der Waals surface area contributed by atoms with Gasteiger partial charge in [0.1, 0.15) is 29.9 Å². The molecule has 0 bridgehead atoms. The minimum Gasteiger partial charge on any atom is -0.381 e. The second-order valence-corrected chi connectivity index (χ2v) is 8.19. The van der Waals surface area contributed by atoms with Gasteiger partial charge in [-0.1, -0.05) is 66.7 Å². The van der Waals surface area contributed by atoms with Crippen LogP contribution in [-0.4, -0.2) is 30.8 Å². The van der Waals surface area contributed by atoms with Crippen LogP contribution in [0.3, 0.4) is 0 Å². The minimum atomic E-state index is -1.71. The van der Waals surface area contributed by atoms with Crippen molar-refractivity contribution in [1.82, 2.24) is 19.7 Å². The molecule has 0 unspecified atom stereocenters. The summed E-state index contributed by atoms with van der Waals surface area (Å²) in [5.74, 6) is -1.50. The van der Waals surface area contributed by atoms with Gasteiger partial charge >= 0.3 is 0 Å². The Balaban J connectivity index is 1.75. The SMILES string of the molecule is C[C@@H](N(Cc1ccccc1)Cc1ccccc1)[C@](O)(Cn1cncn1)c1ccc(F)cc1F. The van der Waals surface area contributed by atoms with E-state index in [1.807, 2.05) is 67.6 Å². The van der Waals surface area contributed by atoms with Gasteiger partial charge in [0.2, 0.25) is 0 Å². The predicted molar refractivity (Wildman–Crippen MR) is 122 cm³/mol. The first-order chi connectivity index (χ1) is 16.0. The third-order valence-corrected chi connectivity index (χ3v) is 5.96. The molecule has 0 spiro atoms. The highest BCUT2D eigenvalue weighted by Gasteiger charge is 2.42. The number of aliphatic hydroxyl groups is 1. The fraction of sp³-hybridized carbons (Fsp3) is 0.231. The fourth-order valence-corrected chi connectivity index (χ4v) is 4.11. The van der Waals surface area contributed by atoms with E-state index in [4.69, 9.17) is 0 Å². The number of rotatable bonds is 9. The minimum absolute atomic E-state index is 0.0121. The van der Waals surface area contributed by atoms with Crippen molar-refractivity contribution in [2.24, 2.45) is 0 Å². The van der Waals surface area contributed by atoms with Crippen molar-refractivity contribution in [2.45, 2.75) is 38.2 Å². The van der Waals surface area contributed by atoms with Crippen LogP contribution in [0.4, 0.5) is 8.78 Å². The smallest absolute Gasteiger partial charge is 0.137 e. The van der Waals surface area contributed by atoms with E-state index in [0.717, 1.165) is 23.3 Å². The molecule has 1 aromatic heterocycles. The molecule has 0 aliphatic carbocycles. The van der Waals surface area contributed by atoms with Crippen LogP contribution in [0.1, 0.15) is 23.6 Å². The zero-order valence-electron chi connectivity index (χ0n) is 18.4. The van der Waals surface area contributed by atoms with Crippen molar-refractivity contribution in [1.29, 1.82) is 0 Å². The lowest BCUT2D eigenvalue weighted by Gasteiger charge is -2.41. The van der Waals surface area contributed by atoms with Gasteiger partial charge in [0.15, 0.2) is 0 Å². The first kappa shape index (κ1) is 22.8. The molecule has 1 heterocycles. The Hall–Kier alpha value is -3.42. The molecule has 0 saturated carbocycles. The topological polar surface area (TPSA) is 54.2 Å². The Morgan fingerprint density at radius 1 is 0.939 bits per heavy atom. The zero-order valence-corrected chi connectivity index (χ0v) is 18.4. The van der Waals surface area contributed by atoms with Crippen molar-refractivity contribution in [2.75, 3.05) is 0 Å². The van der Waals surface area contributed by atoms with E-state index < -0.39 is 23.3 Å². The van der Waals surface area contributed by atoms with Crippen molar-refractivity contribution in [3.8, 4) is 0 Å². The molecule has 4 rings (SSSR count). The highest BCUT2D eigenvalue weighted by molar-refractivity contribution is 5.28. The van der Waals surface area contributed by atoms with Crippen molar-refractivity contribution < 1.29 is 13.9 Å². The number of nitrogens with zero attached hydrogens (tertiary/aromatic N) is 4. The first-order valence-corrected chi connectivity index (χ1v) is 10.8. The predicted octanol–water partition coefficient (Wildman–Crippen LogP) is 4.54. The highest BCUT2D eigenvalue weighted by atomic mass is 19.1. The Morgan fingerprint density at radius 3 is 2.06 bits per heavy atom. The number of hydrogen-bond acceptors (Lipinski definition) is 4. The van der Waals surface area contributed by atoms with Gasteiger partial charge in [-0.15, -0.1) is 0 Å². The fourth-order valence-electron chi connectivity index (χ4n) is 4.11. The molecule has 5 nitrogen and oxygen atoms in total. The van der Waals surface area contributed by atoms with Crippen LogP contribution in [0.5, 0.6) is 0 Å². The summed E-state index contributed by atoms with van der Waals surface area (Å²) >= 11 is 0. The van der Waals surface area contributed by atoms with Crippen LogP contribution in [-0.2, 0) is 25.2 Å². The van der Waals surface area contributed by atoms with Crippen molar-refractivity contribution in [3.63, 3.8) is 0 Å². The molecule has 0 aliphatic rings. The van der Waals surface area contributed by atoms with Crippen molar-refractivity contribution >= 4 is 0 Å². The van der Waals surface area contributed by atoms with Gasteiger partial charge in [-0.3, -0.25) is 4.90 Å². The van der Waals surface area contributed by atoms with Gasteiger partial charge in [-0.2, -0.15) is 5.10 Å². The molecule has 4 aromatic rings.